The summed E-state index contributed by atoms with van der Waals surface area (Å²) in [4.78, 5) is 38.4. The molecule has 0 aliphatic heterocycles. The van der Waals surface area contributed by atoms with Gasteiger partial charge in [-0.3, -0.25) is 9.59 Å². The maximum Gasteiger partial charge on any atom is 0.341 e. The normalized spacial score (nSPS) is 10.7. The van der Waals surface area contributed by atoms with Crippen LogP contribution in [0.1, 0.15) is 33.2 Å². The van der Waals surface area contributed by atoms with E-state index in [4.69, 9.17) is 5.11 Å². The van der Waals surface area contributed by atoms with Crippen LogP contribution in [0.25, 0.3) is 10.9 Å². The predicted molar refractivity (Wildman–Crippen MR) is 93.2 cm³/mol. The second kappa shape index (κ2) is 6.29. The van der Waals surface area contributed by atoms with E-state index in [-0.39, 0.29) is 11.5 Å². The summed E-state index contributed by atoms with van der Waals surface area (Å²) in [6.07, 6.45) is 0.602. The smallest absolute Gasteiger partial charge is 0.341 e. The lowest BCUT2D eigenvalue weighted by Gasteiger charge is -2.12. The van der Waals surface area contributed by atoms with Crippen molar-refractivity contribution in [2.75, 3.05) is 5.32 Å². The summed E-state index contributed by atoms with van der Waals surface area (Å²) < 4.78 is 0. The van der Waals surface area contributed by atoms with E-state index in [1.807, 2.05) is 12.3 Å². The molecule has 122 valence electrons. The van der Waals surface area contributed by atoms with Crippen molar-refractivity contribution in [1.82, 2.24) is 4.98 Å². The molecular formula is C17H14N2O4S. The first kappa shape index (κ1) is 15.9. The van der Waals surface area contributed by atoms with Crippen LogP contribution >= 0.6 is 11.3 Å². The molecule has 3 N–H and O–H groups in total. The summed E-state index contributed by atoms with van der Waals surface area (Å²) in [6, 6.07) is 6.55. The Balaban J connectivity index is 2.20. The fraction of sp³-hybridized carbons (Fsp3) is 0.118. The molecule has 7 heteroatoms. The summed E-state index contributed by atoms with van der Waals surface area (Å²) in [7, 11) is 0. The van der Waals surface area contributed by atoms with Crippen molar-refractivity contribution in [2.24, 2.45) is 0 Å². The average molecular weight is 342 g/mol. The number of hydrogen-bond donors (Lipinski definition) is 3. The number of pyridine rings is 1. The quantitative estimate of drug-likeness (QED) is 0.678. The Labute approximate surface area is 140 Å². The lowest BCUT2D eigenvalue weighted by atomic mass is 9.99. The number of amides is 1. The van der Waals surface area contributed by atoms with Crippen LogP contribution in [0.3, 0.4) is 0 Å². The standard InChI is InChI=1S/C17H14N2O4S/c1-2-9-3-4-10-7-12(17(22)23)15(20)19-14(10)13(9)16(21)18-11-5-6-24-8-11/h3-8H,2H2,1H3,(H,18,21)(H,19,20)(H,22,23). The van der Waals surface area contributed by atoms with Gasteiger partial charge in [0, 0.05) is 5.38 Å². The second-order valence-electron chi connectivity index (χ2n) is 5.20. The number of H-pyrrole nitrogens is 1. The van der Waals surface area contributed by atoms with Gasteiger partial charge in [0.2, 0.25) is 0 Å². The number of hydrogen-bond acceptors (Lipinski definition) is 4. The first-order valence-corrected chi connectivity index (χ1v) is 8.21. The number of aromatic amines is 1. The number of fused-ring (bicyclic) bond motifs is 1. The molecule has 6 nitrogen and oxygen atoms in total. The number of nitrogens with one attached hydrogen (secondary N) is 2. The zero-order chi connectivity index (χ0) is 17.3. The summed E-state index contributed by atoms with van der Waals surface area (Å²) in [5, 5.41) is 16.0. The highest BCUT2D eigenvalue weighted by atomic mass is 32.1. The number of aromatic nitrogens is 1. The molecule has 0 aliphatic carbocycles. The number of aryl methyl sites for hydroxylation is 1. The van der Waals surface area contributed by atoms with E-state index in [0.717, 1.165) is 5.56 Å². The van der Waals surface area contributed by atoms with Gasteiger partial charge >= 0.3 is 5.97 Å². The van der Waals surface area contributed by atoms with Gasteiger partial charge in [0.15, 0.2) is 0 Å². The van der Waals surface area contributed by atoms with Gasteiger partial charge in [-0.15, -0.1) is 0 Å². The number of thiophene rings is 1. The summed E-state index contributed by atoms with van der Waals surface area (Å²) in [6.45, 7) is 1.91. The molecule has 0 radical (unpaired) electrons. The maximum absolute atomic E-state index is 12.7. The SMILES string of the molecule is CCc1ccc2cc(C(=O)O)c(=O)[nH]c2c1C(=O)Nc1ccsc1. The van der Waals surface area contributed by atoms with Crippen LogP contribution in [0.5, 0.6) is 0 Å². The predicted octanol–water partition coefficient (Wildman–Crippen LogP) is 3.10. The van der Waals surface area contributed by atoms with Crippen molar-refractivity contribution in [3.63, 3.8) is 0 Å². The Morgan fingerprint density at radius 2 is 2.08 bits per heavy atom. The number of carboxylic acids is 1. The largest absolute Gasteiger partial charge is 0.477 e. The van der Waals surface area contributed by atoms with Gasteiger partial charge in [0.25, 0.3) is 11.5 Å². The summed E-state index contributed by atoms with van der Waals surface area (Å²) >= 11 is 1.46. The first-order valence-electron chi connectivity index (χ1n) is 7.27. The molecule has 3 rings (SSSR count). The van der Waals surface area contributed by atoms with Crippen LogP contribution in [-0.2, 0) is 6.42 Å². The van der Waals surface area contributed by atoms with E-state index in [0.29, 0.717) is 28.6 Å². The minimum absolute atomic E-state index is 0.338. The molecule has 2 heterocycles. The minimum atomic E-state index is -1.30. The summed E-state index contributed by atoms with van der Waals surface area (Å²) in [5.74, 6) is -1.64. The third kappa shape index (κ3) is 2.81. The van der Waals surface area contributed by atoms with Gasteiger partial charge in [-0.1, -0.05) is 19.1 Å². The fourth-order valence-electron chi connectivity index (χ4n) is 2.56. The highest BCUT2D eigenvalue weighted by molar-refractivity contribution is 7.08. The van der Waals surface area contributed by atoms with E-state index in [2.05, 4.69) is 10.3 Å². The molecule has 24 heavy (non-hydrogen) atoms. The van der Waals surface area contributed by atoms with Crippen molar-refractivity contribution in [3.05, 3.63) is 62.1 Å². The Bertz CT molecular complexity index is 990. The molecule has 1 aromatic carbocycles. The van der Waals surface area contributed by atoms with Gasteiger partial charge < -0.3 is 15.4 Å². The minimum Gasteiger partial charge on any atom is -0.477 e. The molecule has 2 aromatic heterocycles. The Hall–Kier alpha value is -2.93. The van der Waals surface area contributed by atoms with E-state index in [9.17, 15) is 14.4 Å². The van der Waals surface area contributed by atoms with Gasteiger partial charge in [0.05, 0.1) is 16.8 Å². The Morgan fingerprint density at radius 3 is 2.71 bits per heavy atom. The van der Waals surface area contributed by atoms with Crippen LogP contribution < -0.4 is 10.9 Å². The monoisotopic (exact) mass is 342 g/mol. The fourth-order valence-corrected chi connectivity index (χ4v) is 3.15. The molecular weight excluding hydrogens is 328 g/mol. The molecule has 0 aliphatic rings. The first-order chi connectivity index (χ1) is 11.5. The van der Waals surface area contributed by atoms with Gasteiger partial charge in [-0.25, -0.2) is 4.79 Å². The molecule has 3 aromatic rings. The van der Waals surface area contributed by atoms with E-state index in [1.165, 1.54) is 17.4 Å². The topological polar surface area (TPSA) is 99.3 Å². The second-order valence-corrected chi connectivity index (χ2v) is 5.98. The zero-order valence-electron chi connectivity index (χ0n) is 12.8. The molecule has 0 saturated heterocycles. The average Bonchev–Trinajstić information content (AvgIpc) is 3.05. The third-order valence-corrected chi connectivity index (χ3v) is 4.41. The van der Waals surface area contributed by atoms with Crippen LogP contribution in [0.4, 0.5) is 5.69 Å². The van der Waals surface area contributed by atoms with Crippen LogP contribution in [0.15, 0.2) is 39.8 Å². The lowest BCUT2D eigenvalue weighted by Crippen LogP contribution is -2.20. The Kier molecular flexibility index (Phi) is 4.18. The van der Waals surface area contributed by atoms with Gasteiger partial charge in [0.1, 0.15) is 5.56 Å². The Morgan fingerprint density at radius 1 is 1.29 bits per heavy atom. The lowest BCUT2D eigenvalue weighted by molar-refractivity contribution is 0.0695. The van der Waals surface area contributed by atoms with Crippen LogP contribution in [-0.4, -0.2) is 22.0 Å². The summed E-state index contributed by atoms with van der Waals surface area (Å²) in [5.41, 5.74) is 1.07. The number of benzene rings is 1. The van der Waals surface area contributed by atoms with Crippen molar-refractivity contribution in [2.45, 2.75) is 13.3 Å². The van der Waals surface area contributed by atoms with Crippen molar-refractivity contribution >= 4 is 39.8 Å². The van der Waals surface area contributed by atoms with E-state index in [1.54, 1.807) is 23.6 Å². The molecule has 0 saturated carbocycles. The van der Waals surface area contributed by atoms with Crippen LogP contribution in [0, 0.1) is 0 Å². The molecule has 0 spiro atoms. The maximum atomic E-state index is 12.7. The van der Waals surface area contributed by atoms with E-state index < -0.39 is 11.5 Å². The van der Waals surface area contributed by atoms with Crippen LogP contribution in [0.2, 0.25) is 0 Å². The molecule has 1 amide bonds. The number of aromatic carboxylic acids is 1. The molecule has 0 atom stereocenters. The van der Waals surface area contributed by atoms with E-state index >= 15 is 0 Å². The molecule has 0 bridgehead atoms. The highest BCUT2D eigenvalue weighted by Crippen LogP contribution is 2.23. The van der Waals surface area contributed by atoms with Crippen molar-refractivity contribution in [1.29, 1.82) is 0 Å². The number of anilines is 1. The zero-order valence-corrected chi connectivity index (χ0v) is 13.6. The van der Waals surface area contributed by atoms with Crippen molar-refractivity contribution in [3.8, 4) is 0 Å². The highest BCUT2D eigenvalue weighted by Gasteiger charge is 2.18. The number of rotatable bonds is 4. The molecule has 0 unspecified atom stereocenters. The molecule has 0 fully saturated rings. The van der Waals surface area contributed by atoms with Crippen molar-refractivity contribution < 1.29 is 14.7 Å². The number of carbonyl (C=O) groups excluding carboxylic acids is 1. The van der Waals surface area contributed by atoms with Gasteiger partial charge in [-0.05, 0) is 34.9 Å². The number of carbonyl (C=O) groups is 2. The number of carboxylic acid groups (broad SMARTS) is 1. The van der Waals surface area contributed by atoms with Gasteiger partial charge in [-0.2, -0.15) is 11.3 Å². The third-order valence-electron chi connectivity index (χ3n) is 3.72.